The van der Waals surface area contributed by atoms with Crippen molar-refractivity contribution in [2.45, 2.75) is 18.7 Å². The summed E-state index contributed by atoms with van der Waals surface area (Å²) in [6.45, 7) is 3.94. The van der Waals surface area contributed by atoms with Gasteiger partial charge in [0, 0.05) is 36.1 Å². The molecule has 0 aliphatic rings. The van der Waals surface area contributed by atoms with Crippen LogP contribution in [0.4, 0.5) is 0 Å². The summed E-state index contributed by atoms with van der Waals surface area (Å²) in [5.74, 6) is 0.521. The first-order valence-electron chi connectivity index (χ1n) is 8.41. The van der Waals surface area contributed by atoms with Gasteiger partial charge in [-0.3, -0.25) is 14.2 Å². The second-order valence-electron chi connectivity index (χ2n) is 6.02. The van der Waals surface area contributed by atoms with Crippen LogP contribution in [0.1, 0.15) is 12.5 Å². The highest BCUT2D eigenvalue weighted by atomic mass is 32.2. The summed E-state index contributed by atoms with van der Waals surface area (Å²) < 4.78 is 14.6. The van der Waals surface area contributed by atoms with Crippen molar-refractivity contribution < 1.29 is 4.21 Å². The molecule has 0 aliphatic carbocycles. The number of aromatic nitrogens is 4. The summed E-state index contributed by atoms with van der Waals surface area (Å²) in [6, 6.07) is 11.7. The molecule has 4 aromatic heterocycles. The minimum atomic E-state index is -1.15. The zero-order chi connectivity index (χ0) is 18.1. The van der Waals surface area contributed by atoms with E-state index < -0.39 is 10.8 Å². The molecular weight excluding hydrogens is 344 g/mol. The Morgan fingerprint density at radius 2 is 2.00 bits per heavy atom. The van der Waals surface area contributed by atoms with Crippen molar-refractivity contribution in [2.24, 2.45) is 0 Å². The summed E-state index contributed by atoms with van der Waals surface area (Å²) in [4.78, 5) is 14.3. The number of fused-ring (bicyclic) bond motifs is 1. The number of imidazole rings is 1. The fraction of sp³-hybridized carbons (Fsp3) is 0.150. The van der Waals surface area contributed by atoms with Crippen LogP contribution >= 0.6 is 0 Å². The third-order valence-corrected chi connectivity index (χ3v) is 5.51. The molecular formula is C20H18N4OS. The highest BCUT2D eigenvalue weighted by Gasteiger charge is 2.17. The number of hydrogen-bond acceptors (Lipinski definition) is 4. The van der Waals surface area contributed by atoms with Crippen LogP contribution in [-0.2, 0) is 10.8 Å². The first-order valence-corrected chi connectivity index (χ1v) is 9.73. The maximum Gasteiger partial charge on any atom is 0.137 e. The van der Waals surface area contributed by atoms with Crippen LogP contribution in [-0.4, -0.2) is 29.3 Å². The molecule has 0 fully saturated rings. The Bertz CT molecular complexity index is 1110. The van der Waals surface area contributed by atoms with Crippen molar-refractivity contribution in [2.75, 3.05) is 5.75 Å². The Hall–Kier alpha value is -2.86. The molecule has 0 N–H and O–H groups in total. The average molecular weight is 362 g/mol. The Kier molecular flexibility index (Phi) is 4.34. The maximum absolute atomic E-state index is 12.7. The summed E-state index contributed by atoms with van der Waals surface area (Å²) >= 11 is 0. The van der Waals surface area contributed by atoms with Crippen molar-refractivity contribution in [1.29, 1.82) is 0 Å². The maximum atomic E-state index is 12.7. The van der Waals surface area contributed by atoms with Gasteiger partial charge in [0.1, 0.15) is 17.0 Å². The van der Waals surface area contributed by atoms with Crippen molar-refractivity contribution in [3.05, 3.63) is 66.7 Å². The second-order valence-corrected chi connectivity index (χ2v) is 7.72. The molecule has 0 saturated carbocycles. The molecule has 0 aromatic carbocycles. The minimum absolute atomic E-state index is 0.521. The van der Waals surface area contributed by atoms with Crippen LogP contribution in [0.2, 0.25) is 0 Å². The SMILES string of the molecule is CCS(=O)c1cc(-c2ccccn2)cnc1-c1cn2ccc(C)cc2n1. The van der Waals surface area contributed by atoms with Crippen molar-refractivity contribution in [1.82, 2.24) is 19.4 Å². The first-order chi connectivity index (χ1) is 12.7. The van der Waals surface area contributed by atoms with E-state index in [2.05, 4.69) is 15.0 Å². The topological polar surface area (TPSA) is 60.2 Å². The average Bonchev–Trinajstić information content (AvgIpc) is 3.10. The Labute approximate surface area is 154 Å². The lowest BCUT2D eigenvalue weighted by Crippen LogP contribution is -2.00. The molecule has 4 aromatic rings. The first kappa shape index (κ1) is 16.6. The molecule has 0 bridgehead atoms. The van der Waals surface area contributed by atoms with E-state index in [4.69, 9.17) is 0 Å². The van der Waals surface area contributed by atoms with Gasteiger partial charge in [-0.1, -0.05) is 13.0 Å². The molecule has 4 heterocycles. The standard InChI is InChI=1S/C20H18N4OS/c1-3-26(25)18-11-15(16-6-4-5-8-21-16)12-22-20(18)17-13-24-9-7-14(2)10-19(24)23-17/h4-13H,3H2,1-2H3. The number of rotatable bonds is 4. The van der Waals surface area contributed by atoms with E-state index in [9.17, 15) is 4.21 Å². The smallest absolute Gasteiger partial charge is 0.137 e. The van der Waals surface area contributed by atoms with Crippen LogP contribution < -0.4 is 0 Å². The van der Waals surface area contributed by atoms with Crippen molar-refractivity contribution in [3.63, 3.8) is 0 Å². The normalized spacial score (nSPS) is 12.4. The molecule has 0 spiro atoms. The monoisotopic (exact) mass is 362 g/mol. The molecule has 0 aliphatic heterocycles. The lowest BCUT2D eigenvalue weighted by atomic mass is 10.1. The highest BCUT2D eigenvalue weighted by molar-refractivity contribution is 7.85. The molecule has 6 heteroatoms. The molecule has 5 nitrogen and oxygen atoms in total. The number of aryl methyl sites for hydroxylation is 1. The molecule has 4 rings (SSSR count). The predicted molar refractivity (Wildman–Crippen MR) is 103 cm³/mol. The number of pyridine rings is 3. The van der Waals surface area contributed by atoms with Crippen LogP contribution in [0.25, 0.3) is 28.3 Å². The summed E-state index contributed by atoms with van der Waals surface area (Å²) in [5, 5.41) is 0. The van der Waals surface area contributed by atoms with Crippen LogP contribution in [0, 0.1) is 6.92 Å². The van der Waals surface area contributed by atoms with E-state index in [1.807, 2.05) is 67.0 Å². The molecule has 1 atom stereocenters. The Morgan fingerprint density at radius 1 is 1.12 bits per heavy atom. The number of hydrogen-bond donors (Lipinski definition) is 0. The summed E-state index contributed by atoms with van der Waals surface area (Å²) in [5.41, 5.74) is 5.04. The van der Waals surface area contributed by atoms with Gasteiger partial charge in [-0.2, -0.15) is 0 Å². The van der Waals surface area contributed by atoms with Crippen molar-refractivity contribution >= 4 is 16.4 Å². The quantitative estimate of drug-likeness (QED) is 0.552. The lowest BCUT2D eigenvalue weighted by molar-refractivity contribution is 0.683. The van der Waals surface area contributed by atoms with E-state index in [0.717, 1.165) is 28.2 Å². The Balaban J connectivity index is 1.87. The van der Waals surface area contributed by atoms with Crippen LogP contribution in [0.3, 0.4) is 0 Å². The molecule has 0 amide bonds. The van der Waals surface area contributed by atoms with E-state index in [-0.39, 0.29) is 0 Å². The van der Waals surface area contributed by atoms with Gasteiger partial charge in [-0.15, -0.1) is 0 Å². The highest BCUT2D eigenvalue weighted by Crippen LogP contribution is 2.28. The van der Waals surface area contributed by atoms with Gasteiger partial charge < -0.3 is 4.40 Å². The summed E-state index contributed by atoms with van der Waals surface area (Å²) in [7, 11) is -1.15. The zero-order valence-corrected chi connectivity index (χ0v) is 15.4. The van der Waals surface area contributed by atoms with Crippen molar-refractivity contribution in [3.8, 4) is 22.6 Å². The lowest BCUT2D eigenvalue weighted by Gasteiger charge is -2.08. The van der Waals surface area contributed by atoms with Gasteiger partial charge in [-0.05, 0) is 42.8 Å². The van der Waals surface area contributed by atoms with Crippen LogP contribution in [0.15, 0.2) is 66.1 Å². The molecule has 1 unspecified atom stereocenters. The number of nitrogens with zero attached hydrogens (tertiary/aromatic N) is 4. The zero-order valence-electron chi connectivity index (χ0n) is 14.6. The van der Waals surface area contributed by atoms with E-state index >= 15 is 0 Å². The third kappa shape index (κ3) is 3.04. The molecule has 130 valence electrons. The molecule has 26 heavy (non-hydrogen) atoms. The Morgan fingerprint density at radius 3 is 2.77 bits per heavy atom. The molecule has 0 radical (unpaired) electrons. The van der Waals surface area contributed by atoms with E-state index in [1.54, 1.807) is 12.4 Å². The van der Waals surface area contributed by atoms with E-state index in [0.29, 0.717) is 16.3 Å². The van der Waals surface area contributed by atoms with Gasteiger partial charge in [0.05, 0.1) is 21.4 Å². The van der Waals surface area contributed by atoms with Gasteiger partial charge in [0.25, 0.3) is 0 Å². The van der Waals surface area contributed by atoms with Crippen LogP contribution in [0.5, 0.6) is 0 Å². The van der Waals surface area contributed by atoms with E-state index in [1.165, 1.54) is 0 Å². The summed E-state index contributed by atoms with van der Waals surface area (Å²) in [6.07, 6.45) is 7.40. The van der Waals surface area contributed by atoms with Gasteiger partial charge in [-0.25, -0.2) is 4.98 Å². The predicted octanol–water partition coefficient (Wildman–Crippen LogP) is 3.89. The minimum Gasteiger partial charge on any atom is -0.306 e. The van der Waals surface area contributed by atoms with Gasteiger partial charge in [0.15, 0.2) is 0 Å². The second kappa shape index (κ2) is 6.80. The largest absolute Gasteiger partial charge is 0.306 e. The fourth-order valence-corrected chi connectivity index (χ4v) is 3.78. The third-order valence-electron chi connectivity index (χ3n) is 4.18. The fourth-order valence-electron chi connectivity index (χ4n) is 2.84. The molecule has 0 saturated heterocycles. The van der Waals surface area contributed by atoms with Gasteiger partial charge in [0.2, 0.25) is 0 Å². The van der Waals surface area contributed by atoms with Gasteiger partial charge >= 0.3 is 0 Å².